The van der Waals surface area contributed by atoms with Crippen molar-refractivity contribution in [2.45, 2.75) is 20.0 Å². The molecule has 0 saturated heterocycles. The van der Waals surface area contributed by atoms with Crippen LogP contribution in [0.5, 0.6) is 0 Å². The molecule has 0 bridgehead atoms. The van der Waals surface area contributed by atoms with Crippen molar-refractivity contribution >= 4 is 12.2 Å². The molecule has 126 valence electrons. The molecule has 0 aliphatic carbocycles. The van der Waals surface area contributed by atoms with Crippen molar-refractivity contribution in [3.05, 3.63) is 71.8 Å². The van der Waals surface area contributed by atoms with E-state index in [4.69, 9.17) is 4.74 Å². The Bertz CT molecular complexity index is 603. The molecule has 0 aromatic heterocycles. The van der Waals surface area contributed by atoms with Crippen molar-refractivity contribution < 1.29 is 9.53 Å². The van der Waals surface area contributed by atoms with E-state index in [-0.39, 0.29) is 0 Å². The Kier molecular flexibility index (Phi) is 6.98. The number of esters is 1. The van der Waals surface area contributed by atoms with Crippen molar-refractivity contribution in [3.63, 3.8) is 0 Å². The zero-order valence-electron chi connectivity index (χ0n) is 14.1. The van der Waals surface area contributed by atoms with Crippen LogP contribution >= 0.6 is 0 Å². The number of hydrazone groups is 1. The maximum Gasteiger partial charge on any atom is 0.351 e. The molecule has 0 fully saturated rings. The van der Waals surface area contributed by atoms with Gasteiger partial charge < -0.3 is 4.74 Å². The summed E-state index contributed by atoms with van der Waals surface area (Å²) in [6, 6.07) is 20.3. The van der Waals surface area contributed by atoms with Crippen molar-refractivity contribution in [3.8, 4) is 0 Å². The quantitative estimate of drug-likeness (QED) is 0.425. The molecule has 2 rings (SSSR count). The molecule has 5 heteroatoms. The third-order valence-electron chi connectivity index (χ3n) is 3.44. The van der Waals surface area contributed by atoms with Crippen LogP contribution in [0, 0.1) is 0 Å². The fourth-order valence-corrected chi connectivity index (χ4v) is 2.23. The third kappa shape index (κ3) is 5.85. The Labute approximate surface area is 143 Å². The topological polar surface area (TPSA) is 45.1 Å². The number of rotatable bonds is 8. The standard InChI is InChI=1S/C19H23N3O2/c1-3-24-19(23)14-20-21(2)22(15-17-10-6-4-7-11-17)16-18-12-8-5-9-13-18/h4-14H,3,15-16H2,1-2H3. The Balaban J connectivity index is 2.10. The van der Waals surface area contributed by atoms with Gasteiger partial charge in [-0.2, -0.15) is 10.1 Å². The summed E-state index contributed by atoms with van der Waals surface area (Å²) < 4.78 is 4.88. The van der Waals surface area contributed by atoms with E-state index in [1.54, 1.807) is 12.0 Å². The molecule has 0 spiro atoms. The largest absolute Gasteiger partial charge is 0.462 e. The highest BCUT2D eigenvalue weighted by Gasteiger charge is 2.11. The maximum atomic E-state index is 11.5. The molecule has 0 N–H and O–H groups in total. The van der Waals surface area contributed by atoms with E-state index < -0.39 is 5.97 Å². The van der Waals surface area contributed by atoms with Crippen LogP contribution in [0.1, 0.15) is 18.1 Å². The Morgan fingerprint density at radius 2 is 1.50 bits per heavy atom. The van der Waals surface area contributed by atoms with Gasteiger partial charge in [0.05, 0.1) is 6.61 Å². The average Bonchev–Trinajstić information content (AvgIpc) is 2.61. The first-order valence-corrected chi connectivity index (χ1v) is 7.96. The van der Waals surface area contributed by atoms with Crippen molar-refractivity contribution in [1.82, 2.24) is 10.1 Å². The van der Waals surface area contributed by atoms with Gasteiger partial charge in [0.15, 0.2) is 0 Å². The van der Waals surface area contributed by atoms with E-state index in [0.29, 0.717) is 19.7 Å². The van der Waals surface area contributed by atoms with Gasteiger partial charge >= 0.3 is 5.97 Å². The van der Waals surface area contributed by atoms with Gasteiger partial charge in [-0.3, -0.25) is 0 Å². The van der Waals surface area contributed by atoms with Gasteiger partial charge in [0.2, 0.25) is 0 Å². The van der Waals surface area contributed by atoms with E-state index in [1.807, 2.05) is 43.4 Å². The van der Waals surface area contributed by atoms with E-state index >= 15 is 0 Å². The number of benzene rings is 2. The molecular formula is C19H23N3O2. The molecule has 0 saturated carbocycles. The highest BCUT2D eigenvalue weighted by Crippen LogP contribution is 2.12. The summed E-state index contributed by atoms with van der Waals surface area (Å²) in [4.78, 5) is 11.5. The second-order valence-corrected chi connectivity index (χ2v) is 5.28. The van der Waals surface area contributed by atoms with Crippen molar-refractivity contribution in [1.29, 1.82) is 0 Å². The van der Waals surface area contributed by atoms with Gasteiger partial charge in [0.25, 0.3) is 0 Å². The molecule has 0 heterocycles. The molecule has 0 aliphatic rings. The lowest BCUT2D eigenvalue weighted by Gasteiger charge is -2.29. The van der Waals surface area contributed by atoms with Crippen LogP contribution < -0.4 is 0 Å². The number of carbonyl (C=O) groups excluding carboxylic acids is 1. The number of hydrazine groups is 1. The Morgan fingerprint density at radius 3 is 1.96 bits per heavy atom. The van der Waals surface area contributed by atoms with E-state index in [1.165, 1.54) is 17.3 Å². The summed E-state index contributed by atoms with van der Waals surface area (Å²) in [5, 5.41) is 7.93. The predicted octanol–water partition coefficient (Wildman–Crippen LogP) is 3.08. The van der Waals surface area contributed by atoms with Crippen LogP contribution in [0.15, 0.2) is 65.8 Å². The monoisotopic (exact) mass is 325 g/mol. The number of ether oxygens (including phenoxy) is 1. The number of hydrogen-bond donors (Lipinski definition) is 0. The van der Waals surface area contributed by atoms with Gasteiger partial charge in [-0.25, -0.2) is 9.91 Å². The summed E-state index contributed by atoms with van der Waals surface area (Å²) in [5.74, 6) is -0.441. The van der Waals surface area contributed by atoms with Crippen LogP contribution in [-0.4, -0.2) is 36.0 Å². The van der Waals surface area contributed by atoms with E-state index in [2.05, 4.69) is 34.4 Å². The first kappa shape index (κ1) is 17.7. The summed E-state index contributed by atoms with van der Waals surface area (Å²) in [6.45, 7) is 3.48. The summed E-state index contributed by atoms with van der Waals surface area (Å²) in [5.41, 5.74) is 2.35. The van der Waals surface area contributed by atoms with Gasteiger partial charge in [0, 0.05) is 20.1 Å². The van der Waals surface area contributed by atoms with E-state index in [9.17, 15) is 4.79 Å². The lowest BCUT2D eigenvalue weighted by Crippen LogP contribution is -2.35. The van der Waals surface area contributed by atoms with E-state index in [0.717, 1.165) is 0 Å². The number of carbonyl (C=O) groups is 1. The lowest BCUT2D eigenvalue weighted by molar-refractivity contribution is -0.134. The molecule has 2 aromatic rings. The van der Waals surface area contributed by atoms with Crippen molar-refractivity contribution in [2.24, 2.45) is 5.10 Å². The fourth-order valence-electron chi connectivity index (χ4n) is 2.23. The fraction of sp³-hybridized carbons (Fsp3) is 0.263. The second-order valence-electron chi connectivity index (χ2n) is 5.28. The highest BCUT2D eigenvalue weighted by atomic mass is 16.5. The van der Waals surface area contributed by atoms with Crippen LogP contribution in [0.4, 0.5) is 0 Å². The SMILES string of the molecule is CCOC(=O)C=NN(C)N(Cc1ccccc1)Cc1ccccc1. The normalized spacial score (nSPS) is 11.0. The molecule has 0 radical (unpaired) electrons. The molecule has 5 nitrogen and oxygen atoms in total. The molecule has 0 amide bonds. The zero-order chi connectivity index (χ0) is 17.2. The molecule has 0 atom stereocenters. The Hall–Kier alpha value is -2.66. The smallest absolute Gasteiger partial charge is 0.351 e. The Morgan fingerprint density at radius 1 is 1.00 bits per heavy atom. The third-order valence-corrected chi connectivity index (χ3v) is 3.44. The van der Waals surface area contributed by atoms with Crippen LogP contribution in [0.3, 0.4) is 0 Å². The predicted molar refractivity (Wildman–Crippen MR) is 95.0 cm³/mol. The summed E-state index contributed by atoms with van der Waals surface area (Å²) in [6.07, 6.45) is 1.20. The van der Waals surface area contributed by atoms with Gasteiger partial charge in [-0.15, -0.1) is 0 Å². The molecule has 2 aromatic carbocycles. The van der Waals surface area contributed by atoms with Gasteiger partial charge in [0.1, 0.15) is 6.21 Å². The minimum atomic E-state index is -0.441. The molecular weight excluding hydrogens is 302 g/mol. The minimum Gasteiger partial charge on any atom is -0.462 e. The molecule has 0 aliphatic heterocycles. The summed E-state index contributed by atoms with van der Waals surface area (Å²) in [7, 11) is 1.82. The second kappa shape index (κ2) is 9.47. The molecule has 24 heavy (non-hydrogen) atoms. The van der Waals surface area contributed by atoms with Crippen LogP contribution in [-0.2, 0) is 22.6 Å². The first-order chi connectivity index (χ1) is 11.7. The maximum absolute atomic E-state index is 11.5. The average molecular weight is 325 g/mol. The van der Waals surface area contributed by atoms with Gasteiger partial charge in [-0.1, -0.05) is 60.7 Å². The number of hydrogen-bond acceptors (Lipinski definition) is 5. The van der Waals surface area contributed by atoms with Crippen LogP contribution in [0.2, 0.25) is 0 Å². The minimum absolute atomic E-state index is 0.340. The molecule has 0 unspecified atom stereocenters. The van der Waals surface area contributed by atoms with Crippen LogP contribution in [0.25, 0.3) is 0 Å². The zero-order valence-corrected chi connectivity index (χ0v) is 14.1. The van der Waals surface area contributed by atoms with Crippen molar-refractivity contribution in [2.75, 3.05) is 13.7 Å². The summed E-state index contributed by atoms with van der Waals surface area (Å²) >= 11 is 0. The first-order valence-electron chi connectivity index (χ1n) is 7.96. The van der Waals surface area contributed by atoms with Gasteiger partial charge in [-0.05, 0) is 18.1 Å². The highest BCUT2D eigenvalue weighted by molar-refractivity contribution is 6.23. The lowest BCUT2D eigenvalue weighted by atomic mass is 10.2. The number of nitrogens with zero attached hydrogens (tertiary/aromatic N) is 3.